The highest BCUT2D eigenvalue weighted by atomic mass is 16.5. The number of nitrogens with zero attached hydrogens (tertiary/aromatic N) is 5. The van der Waals surface area contributed by atoms with Crippen molar-refractivity contribution in [2.75, 3.05) is 56.2 Å². The maximum atomic E-state index is 12.9. The van der Waals surface area contributed by atoms with E-state index in [2.05, 4.69) is 31.9 Å². The second-order valence-corrected chi connectivity index (χ2v) is 7.30. The fourth-order valence-corrected chi connectivity index (χ4v) is 3.91. The van der Waals surface area contributed by atoms with Crippen molar-refractivity contribution in [1.82, 2.24) is 14.9 Å². The normalized spacial score (nSPS) is 18.4. The number of methoxy groups -OCH3 is 1. The van der Waals surface area contributed by atoms with Crippen molar-refractivity contribution in [3.63, 3.8) is 0 Å². The van der Waals surface area contributed by atoms with Gasteiger partial charge in [-0.3, -0.25) is 4.79 Å². The number of ether oxygens (including phenoxy) is 1. The largest absolute Gasteiger partial charge is 0.381 e. The molecule has 0 bridgehead atoms. The zero-order chi connectivity index (χ0) is 19.3. The Kier molecular flexibility index (Phi) is 5.71. The molecule has 2 aliphatic heterocycles. The first-order chi connectivity index (χ1) is 13.7. The summed E-state index contributed by atoms with van der Waals surface area (Å²) in [6, 6.07) is 9.84. The van der Waals surface area contributed by atoms with Crippen molar-refractivity contribution in [3.05, 3.63) is 48.3 Å². The highest BCUT2D eigenvalue weighted by Gasteiger charge is 2.24. The summed E-state index contributed by atoms with van der Waals surface area (Å²) in [6.45, 7) is 4.86. The van der Waals surface area contributed by atoms with Crippen LogP contribution in [0.25, 0.3) is 0 Å². The van der Waals surface area contributed by atoms with E-state index in [1.165, 1.54) is 5.69 Å². The minimum Gasteiger partial charge on any atom is -0.381 e. The van der Waals surface area contributed by atoms with Crippen LogP contribution in [-0.2, 0) is 4.74 Å². The number of carbonyl (C=O) groups is 1. The first kappa shape index (κ1) is 18.7. The molecule has 0 spiro atoms. The quantitative estimate of drug-likeness (QED) is 0.808. The van der Waals surface area contributed by atoms with Gasteiger partial charge in [-0.05, 0) is 43.2 Å². The number of hydrogen-bond donors (Lipinski definition) is 0. The van der Waals surface area contributed by atoms with Gasteiger partial charge in [0.15, 0.2) is 0 Å². The second kappa shape index (κ2) is 8.56. The number of benzene rings is 1. The van der Waals surface area contributed by atoms with Crippen LogP contribution in [-0.4, -0.2) is 73.3 Å². The smallest absolute Gasteiger partial charge is 0.253 e. The molecule has 0 radical (unpaired) electrons. The van der Waals surface area contributed by atoms with Crippen LogP contribution in [0, 0.1) is 0 Å². The van der Waals surface area contributed by atoms with E-state index in [1.54, 1.807) is 19.5 Å². The molecule has 1 aromatic heterocycles. The van der Waals surface area contributed by atoms with Gasteiger partial charge in [-0.1, -0.05) is 0 Å². The number of carbonyl (C=O) groups excluding carboxylic acids is 1. The van der Waals surface area contributed by atoms with Gasteiger partial charge in [0.2, 0.25) is 5.95 Å². The first-order valence-electron chi connectivity index (χ1n) is 9.93. The fourth-order valence-electron chi connectivity index (χ4n) is 3.91. The van der Waals surface area contributed by atoms with Crippen molar-refractivity contribution in [2.24, 2.45) is 0 Å². The van der Waals surface area contributed by atoms with Crippen LogP contribution in [0.5, 0.6) is 0 Å². The molecule has 28 heavy (non-hydrogen) atoms. The molecule has 0 atom stereocenters. The number of hydrogen-bond acceptors (Lipinski definition) is 6. The van der Waals surface area contributed by atoms with Crippen LogP contribution < -0.4 is 9.80 Å². The van der Waals surface area contributed by atoms with E-state index < -0.39 is 0 Å². The number of rotatable bonds is 4. The van der Waals surface area contributed by atoms with Crippen molar-refractivity contribution < 1.29 is 9.53 Å². The minimum atomic E-state index is 0.0956. The third-order valence-corrected chi connectivity index (χ3v) is 5.66. The molecule has 2 aliphatic rings. The van der Waals surface area contributed by atoms with Crippen molar-refractivity contribution in [3.8, 4) is 0 Å². The standard InChI is InChI=1S/C21H27N5O2/c1-28-19-7-11-24(12-8-19)18-5-3-17(4-6-18)20(27)25-13-15-26(16-14-25)21-22-9-2-10-23-21/h2-6,9-10,19H,7-8,11-16H2,1H3. The summed E-state index contributed by atoms with van der Waals surface area (Å²) in [6.07, 6.45) is 5.97. The minimum absolute atomic E-state index is 0.0956. The predicted octanol–water partition coefficient (Wildman–Crippen LogP) is 2.05. The molecule has 2 aromatic rings. The van der Waals surface area contributed by atoms with Gasteiger partial charge in [0.05, 0.1) is 6.10 Å². The Morgan fingerprint density at radius 3 is 2.18 bits per heavy atom. The molecule has 0 unspecified atom stereocenters. The summed E-state index contributed by atoms with van der Waals surface area (Å²) in [5.74, 6) is 0.828. The number of aromatic nitrogens is 2. The van der Waals surface area contributed by atoms with Gasteiger partial charge in [-0.15, -0.1) is 0 Å². The fraction of sp³-hybridized carbons (Fsp3) is 0.476. The Labute approximate surface area is 165 Å². The first-order valence-corrected chi connectivity index (χ1v) is 9.93. The monoisotopic (exact) mass is 381 g/mol. The van der Waals surface area contributed by atoms with Crippen molar-refractivity contribution in [1.29, 1.82) is 0 Å². The molecule has 0 N–H and O–H groups in total. The third kappa shape index (κ3) is 4.09. The zero-order valence-corrected chi connectivity index (χ0v) is 16.3. The molecule has 2 fully saturated rings. The average Bonchev–Trinajstić information content (AvgIpc) is 2.79. The lowest BCUT2D eigenvalue weighted by atomic mass is 10.1. The molecule has 7 nitrogen and oxygen atoms in total. The van der Waals surface area contributed by atoms with Crippen LogP contribution in [0.4, 0.5) is 11.6 Å². The van der Waals surface area contributed by atoms with E-state index in [1.807, 2.05) is 23.1 Å². The molecule has 1 aromatic carbocycles. The van der Waals surface area contributed by atoms with E-state index in [0.717, 1.165) is 50.5 Å². The van der Waals surface area contributed by atoms with Gasteiger partial charge >= 0.3 is 0 Å². The van der Waals surface area contributed by atoms with E-state index in [4.69, 9.17) is 4.74 Å². The van der Waals surface area contributed by atoms with Crippen LogP contribution >= 0.6 is 0 Å². The Balaban J connectivity index is 1.33. The topological polar surface area (TPSA) is 61.8 Å². The van der Waals surface area contributed by atoms with Gasteiger partial charge in [0.1, 0.15) is 0 Å². The third-order valence-electron chi connectivity index (χ3n) is 5.66. The molecule has 1 amide bonds. The van der Waals surface area contributed by atoms with Gasteiger partial charge in [0, 0.05) is 70.0 Å². The molecular weight excluding hydrogens is 354 g/mol. The molecular formula is C21H27N5O2. The maximum Gasteiger partial charge on any atom is 0.253 e. The highest BCUT2D eigenvalue weighted by Crippen LogP contribution is 2.22. The maximum absolute atomic E-state index is 12.9. The molecule has 0 aliphatic carbocycles. The summed E-state index contributed by atoms with van der Waals surface area (Å²) >= 11 is 0. The SMILES string of the molecule is COC1CCN(c2ccc(C(=O)N3CCN(c4ncccn4)CC3)cc2)CC1. The van der Waals surface area contributed by atoms with Crippen LogP contribution in [0.15, 0.2) is 42.7 Å². The van der Waals surface area contributed by atoms with Crippen LogP contribution in [0.2, 0.25) is 0 Å². The summed E-state index contributed by atoms with van der Waals surface area (Å²) < 4.78 is 5.44. The summed E-state index contributed by atoms with van der Waals surface area (Å²) in [7, 11) is 1.79. The van der Waals surface area contributed by atoms with E-state index in [-0.39, 0.29) is 5.91 Å². The number of anilines is 2. The molecule has 4 rings (SSSR count). The molecule has 7 heteroatoms. The Bertz CT molecular complexity index is 767. The number of amides is 1. The Morgan fingerprint density at radius 1 is 0.929 bits per heavy atom. The van der Waals surface area contributed by atoms with Gasteiger partial charge < -0.3 is 19.4 Å². The highest BCUT2D eigenvalue weighted by molar-refractivity contribution is 5.94. The van der Waals surface area contributed by atoms with Crippen molar-refractivity contribution >= 4 is 17.5 Å². The Morgan fingerprint density at radius 2 is 1.57 bits per heavy atom. The van der Waals surface area contributed by atoms with Gasteiger partial charge in [-0.2, -0.15) is 0 Å². The lowest BCUT2D eigenvalue weighted by molar-refractivity contribution is 0.0746. The van der Waals surface area contributed by atoms with E-state index in [9.17, 15) is 4.79 Å². The lowest BCUT2D eigenvalue weighted by Gasteiger charge is -2.35. The van der Waals surface area contributed by atoms with Crippen LogP contribution in [0.1, 0.15) is 23.2 Å². The van der Waals surface area contributed by atoms with E-state index in [0.29, 0.717) is 19.2 Å². The van der Waals surface area contributed by atoms with Crippen LogP contribution in [0.3, 0.4) is 0 Å². The van der Waals surface area contributed by atoms with E-state index >= 15 is 0 Å². The average molecular weight is 381 g/mol. The number of piperazine rings is 1. The zero-order valence-electron chi connectivity index (χ0n) is 16.3. The molecule has 148 valence electrons. The Hall–Kier alpha value is -2.67. The molecule has 3 heterocycles. The molecule has 0 saturated carbocycles. The number of piperidine rings is 1. The lowest BCUT2D eigenvalue weighted by Crippen LogP contribution is -2.49. The summed E-state index contributed by atoms with van der Waals surface area (Å²) in [4.78, 5) is 27.8. The van der Waals surface area contributed by atoms with Crippen molar-refractivity contribution in [2.45, 2.75) is 18.9 Å². The predicted molar refractivity (Wildman–Crippen MR) is 109 cm³/mol. The van der Waals surface area contributed by atoms with Gasteiger partial charge in [0.25, 0.3) is 5.91 Å². The summed E-state index contributed by atoms with van der Waals surface area (Å²) in [5, 5.41) is 0. The van der Waals surface area contributed by atoms with Gasteiger partial charge in [-0.25, -0.2) is 9.97 Å². The molecule has 2 saturated heterocycles. The summed E-state index contributed by atoms with van der Waals surface area (Å²) in [5.41, 5.74) is 1.93. The second-order valence-electron chi connectivity index (χ2n) is 7.30.